The van der Waals surface area contributed by atoms with Crippen molar-refractivity contribution >= 4 is 29.4 Å². The number of hydrogen-bond acceptors (Lipinski definition) is 6. The number of fused-ring (bicyclic) bond motifs is 1. The lowest BCUT2D eigenvalue weighted by Crippen LogP contribution is -2.47. The molecular weight excluding hydrogens is 332 g/mol. The van der Waals surface area contributed by atoms with E-state index in [1.54, 1.807) is 39.0 Å². The minimum absolute atomic E-state index is 0.169. The third-order valence-electron chi connectivity index (χ3n) is 2.98. The highest BCUT2D eigenvalue weighted by Crippen LogP contribution is 2.34. The van der Waals surface area contributed by atoms with Gasteiger partial charge in [-0.25, -0.2) is 4.79 Å². The fourth-order valence-electron chi connectivity index (χ4n) is 2.00. The topological polar surface area (TPSA) is 85.9 Å². The molecule has 2 amide bonds. The standard InChI is InChI=1S/C16H22N2O5S/c1-16(2,3)23-15(20)18-11(8-24-4)14(19)17-10-5-6-12-13(7-10)22-9-21-12/h5-7,11H,8-9H2,1-4H3,(H,17,19)(H,18,20)/t11-/m0/s1. The average Bonchev–Trinajstić information content (AvgIpc) is 2.92. The van der Waals surface area contributed by atoms with E-state index in [-0.39, 0.29) is 12.7 Å². The SMILES string of the molecule is CSC[C@H](NC(=O)OC(C)(C)C)C(=O)Nc1ccc2c(c1)OCO2. The molecule has 0 aromatic heterocycles. The minimum atomic E-state index is -0.708. The number of carbonyl (C=O) groups is 2. The van der Waals surface area contributed by atoms with Crippen molar-refractivity contribution in [1.29, 1.82) is 0 Å². The molecule has 0 aliphatic carbocycles. The van der Waals surface area contributed by atoms with Crippen molar-refractivity contribution in [3.05, 3.63) is 18.2 Å². The van der Waals surface area contributed by atoms with Gasteiger partial charge in [0, 0.05) is 17.5 Å². The van der Waals surface area contributed by atoms with E-state index in [1.807, 2.05) is 6.26 Å². The summed E-state index contributed by atoms with van der Waals surface area (Å²) in [6.45, 7) is 5.47. The quantitative estimate of drug-likeness (QED) is 0.845. The van der Waals surface area contributed by atoms with Gasteiger partial charge in [0.05, 0.1) is 0 Å². The fourth-order valence-corrected chi connectivity index (χ4v) is 2.57. The molecule has 7 nitrogen and oxygen atoms in total. The predicted octanol–water partition coefficient (Wildman–Crippen LogP) is 2.61. The van der Waals surface area contributed by atoms with Gasteiger partial charge in [0.15, 0.2) is 11.5 Å². The van der Waals surface area contributed by atoms with Gasteiger partial charge in [-0.3, -0.25) is 4.79 Å². The second-order valence-corrected chi connectivity index (χ2v) is 7.12. The highest BCUT2D eigenvalue weighted by molar-refractivity contribution is 7.98. The Kier molecular flexibility index (Phi) is 5.82. The van der Waals surface area contributed by atoms with Gasteiger partial charge in [-0.15, -0.1) is 0 Å². The third kappa shape index (κ3) is 5.23. The van der Waals surface area contributed by atoms with Crippen LogP contribution in [0.1, 0.15) is 20.8 Å². The van der Waals surface area contributed by atoms with Crippen LogP contribution >= 0.6 is 11.8 Å². The van der Waals surface area contributed by atoms with Gasteiger partial charge in [0.25, 0.3) is 0 Å². The number of hydrogen-bond donors (Lipinski definition) is 2. The van der Waals surface area contributed by atoms with E-state index in [2.05, 4.69) is 10.6 Å². The first-order valence-corrected chi connectivity index (χ1v) is 8.87. The van der Waals surface area contributed by atoms with Crippen LogP contribution in [0.4, 0.5) is 10.5 Å². The van der Waals surface area contributed by atoms with E-state index in [9.17, 15) is 9.59 Å². The van der Waals surface area contributed by atoms with Gasteiger partial charge >= 0.3 is 6.09 Å². The third-order valence-corrected chi connectivity index (χ3v) is 3.65. The molecule has 2 N–H and O–H groups in total. The number of amides is 2. The van der Waals surface area contributed by atoms with E-state index >= 15 is 0 Å². The van der Waals surface area contributed by atoms with Crippen LogP contribution in [0.5, 0.6) is 11.5 Å². The molecular formula is C16H22N2O5S. The molecule has 1 aromatic rings. The zero-order chi connectivity index (χ0) is 17.7. The molecule has 0 bridgehead atoms. The van der Waals surface area contributed by atoms with Gasteiger partial charge in [0.1, 0.15) is 11.6 Å². The van der Waals surface area contributed by atoms with Crippen LogP contribution in [0.3, 0.4) is 0 Å². The average molecular weight is 354 g/mol. The summed E-state index contributed by atoms with van der Waals surface area (Å²) in [5, 5.41) is 5.36. The summed E-state index contributed by atoms with van der Waals surface area (Å²) < 4.78 is 15.7. The molecule has 1 aliphatic heterocycles. The Labute approximate surface area is 145 Å². The van der Waals surface area contributed by atoms with Crippen LogP contribution in [0, 0.1) is 0 Å². The summed E-state index contributed by atoms with van der Waals surface area (Å²) in [4.78, 5) is 24.3. The summed E-state index contributed by atoms with van der Waals surface area (Å²) >= 11 is 1.45. The molecule has 0 radical (unpaired) electrons. The molecule has 0 spiro atoms. The summed E-state index contributed by atoms with van der Waals surface area (Å²) in [7, 11) is 0. The van der Waals surface area contributed by atoms with Gasteiger partial charge in [-0.1, -0.05) is 0 Å². The first-order valence-electron chi connectivity index (χ1n) is 7.47. The van der Waals surface area contributed by atoms with Crippen molar-refractivity contribution in [2.75, 3.05) is 24.1 Å². The van der Waals surface area contributed by atoms with Crippen LogP contribution in [-0.4, -0.2) is 42.4 Å². The molecule has 24 heavy (non-hydrogen) atoms. The minimum Gasteiger partial charge on any atom is -0.454 e. The summed E-state index contributed by atoms with van der Waals surface area (Å²) in [5.74, 6) is 1.32. The van der Waals surface area contributed by atoms with Crippen molar-refractivity contribution in [3.8, 4) is 11.5 Å². The number of rotatable bonds is 5. The number of benzene rings is 1. The highest BCUT2D eigenvalue weighted by atomic mass is 32.2. The smallest absolute Gasteiger partial charge is 0.408 e. The van der Waals surface area contributed by atoms with Crippen LogP contribution in [0.25, 0.3) is 0 Å². The summed E-state index contributed by atoms with van der Waals surface area (Å²) in [6, 6.07) is 4.42. The zero-order valence-electron chi connectivity index (χ0n) is 14.2. The molecule has 8 heteroatoms. The van der Waals surface area contributed by atoms with Crippen LogP contribution in [-0.2, 0) is 9.53 Å². The van der Waals surface area contributed by atoms with E-state index in [4.69, 9.17) is 14.2 Å². The zero-order valence-corrected chi connectivity index (χ0v) is 15.0. The van der Waals surface area contributed by atoms with E-state index < -0.39 is 17.7 Å². The van der Waals surface area contributed by atoms with Gasteiger partial charge in [0.2, 0.25) is 12.7 Å². The maximum absolute atomic E-state index is 12.4. The van der Waals surface area contributed by atoms with E-state index in [0.29, 0.717) is 22.9 Å². The molecule has 0 saturated carbocycles. The fraction of sp³-hybridized carbons (Fsp3) is 0.500. The number of carbonyl (C=O) groups excluding carboxylic acids is 2. The Morgan fingerprint density at radius 1 is 1.29 bits per heavy atom. The number of thioether (sulfide) groups is 1. The number of alkyl carbamates (subject to hydrolysis) is 1. The lowest BCUT2D eigenvalue weighted by Gasteiger charge is -2.23. The number of nitrogens with one attached hydrogen (secondary N) is 2. The highest BCUT2D eigenvalue weighted by Gasteiger charge is 2.24. The van der Waals surface area contributed by atoms with Crippen LogP contribution in [0.15, 0.2) is 18.2 Å². The van der Waals surface area contributed by atoms with Gasteiger partial charge in [-0.2, -0.15) is 11.8 Å². The summed E-state index contributed by atoms with van der Waals surface area (Å²) in [5.41, 5.74) is -0.0525. The predicted molar refractivity (Wildman–Crippen MR) is 92.7 cm³/mol. The van der Waals surface area contributed by atoms with Crippen molar-refractivity contribution in [3.63, 3.8) is 0 Å². The van der Waals surface area contributed by atoms with Crippen molar-refractivity contribution < 1.29 is 23.8 Å². The van der Waals surface area contributed by atoms with Crippen molar-refractivity contribution in [2.45, 2.75) is 32.4 Å². The molecule has 2 rings (SSSR count). The molecule has 132 valence electrons. The lowest BCUT2D eigenvalue weighted by atomic mass is 10.2. The maximum Gasteiger partial charge on any atom is 0.408 e. The molecule has 1 heterocycles. The molecule has 1 aliphatic rings. The first kappa shape index (κ1) is 18.3. The lowest BCUT2D eigenvalue weighted by molar-refractivity contribution is -0.117. The number of anilines is 1. The van der Waals surface area contributed by atoms with E-state index in [0.717, 1.165) is 0 Å². The second kappa shape index (κ2) is 7.65. The van der Waals surface area contributed by atoms with Crippen LogP contribution in [0.2, 0.25) is 0 Å². The van der Waals surface area contributed by atoms with Crippen molar-refractivity contribution in [1.82, 2.24) is 5.32 Å². The van der Waals surface area contributed by atoms with Gasteiger partial charge < -0.3 is 24.8 Å². The Hall–Kier alpha value is -2.09. The molecule has 0 saturated heterocycles. The Morgan fingerprint density at radius 2 is 2.00 bits per heavy atom. The Balaban J connectivity index is 1.99. The normalized spacial score (nSPS) is 14.0. The molecule has 1 atom stereocenters. The van der Waals surface area contributed by atoms with Gasteiger partial charge in [-0.05, 0) is 39.2 Å². The number of ether oxygens (including phenoxy) is 3. The second-order valence-electron chi connectivity index (χ2n) is 6.21. The molecule has 1 aromatic carbocycles. The Bertz CT molecular complexity index is 615. The monoisotopic (exact) mass is 354 g/mol. The molecule has 0 unspecified atom stereocenters. The maximum atomic E-state index is 12.4. The van der Waals surface area contributed by atoms with Crippen molar-refractivity contribution in [2.24, 2.45) is 0 Å². The van der Waals surface area contributed by atoms with E-state index in [1.165, 1.54) is 11.8 Å². The first-order chi connectivity index (χ1) is 11.3. The summed E-state index contributed by atoms with van der Waals surface area (Å²) in [6.07, 6.45) is 1.24. The Morgan fingerprint density at radius 3 is 2.67 bits per heavy atom. The molecule has 0 fully saturated rings. The van der Waals surface area contributed by atoms with Crippen LogP contribution < -0.4 is 20.1 Å². The largest absolute Gasteiger partial charge is 0.454 e.